The molecule has 0 spiro atoms. The number of rotatable bonds is 5. The van der Waals surface area contributed by atoms with Crippen LogP contribution in [0.15, 0.2) is 48.5 Å². The van der Waals surface area contributed by atoms with Crippen LogP contribution in [0.1, 0.15) is 11.1 Å². The van der Waals surface area contributed by atoms with Gasteiger partial charge in [-0.05, 0) is 17.7 Å². The quantitative estimate of drug-likeness (QED) is 0.614. The largest absolute Gasteiger partial charge is 0.297 e. The first kappa shape index (κ1) is 16.9. The van der Waals surface area contributed by atoms with Crippen molar-refractivity contribution in [3.63, 3.8) is 0 Å². The molecule has 2 aromatic carbocycles. The number of nitro groups is 1. The minimum absolute atomic E-state index is 0.207. The number of nitrogens with zero attached hydrogens (tertiary/aromatic N) is 3. The van der Waals surface area contributed by atoms with Crippen LogP contribution >= 0.6 is 11.6 Å². The Bertz CT molecular complexity index is 715. The van der Waals surface area contributed by atoms with Gasteiger partial charge in [-0.1, -0.05) is 41.9 Å². The summed E-state index contributed by atoms with van der Waals surface area (Å²) >= 11 is 6.03. The number of hydrogen-bond donors (Lipinski definition) is 0. The molecule has 0 aliphatic carbocycles. The molecule has 1 saturated heterocycles. The van der Waals surface area contributed by atoms with Crippen molar-refractivity contribution in [1.29, 1.82) is 0 Å². The zero-order chi connectivity index (χ0) is 16.9. The van der Waals surface area contributed by atoms with Gasteiger partial charge in [0, 0.05) is 55.9 Å². The molecule has 0 unspecified atom stereocenters. The monoisotopic (exact) mass is 345 g/mol. The number of hydrogen-bond acceptors (Lipinski definition) is 4. The summed E-state index contributed by atoms with van der Waals surface area (Å²) in [4.78, 5) is 15.5. The Labute approximate surface area is 146 Å². The molecule has 5 nitrogen and oxygen atoms in total. The topological polar surface area (TPSA) is 49.6 Å². The molecule has 1 aliphatic heterocycles. The van der Waals surface area contributed by atoms with Gasteiger partial charge in [0.2, 0.25) is 0 Å². The van der Waals surface area contributed by atoms with E-state index in [2.05, 4.69) is 15.9 Å². The fourth-order valence-electron chi connectivity index (χ4n) is 3.06. The lowest BCUT2D eigenvalue weighted by atomic mass is 10.1. The first-order chi connectivity index (χ1) is 11.6. The van der Waals surface area contributed by atoms with E-state index >= 15 is 0 Å². The SMILES string of the molecule is O=[N+]([O-])c1ccccc1CN1CCN(Cc2cccc(Cl)c2)CC1. The molecular weight excluding hydrogens is 326 g/mol. The summed E-state index contributed by atoms with van der Waals surface area (Å²) in [6, 6.07) is 14.9. The first-order valence-corrected chi connectivity index (χ1v) is 8.41. The minimum Gasteiger partial charge on any atom is -0.297 e. The molecule has 1 fully saturated rings. The Morgan fingerprint density at radius 3 is 2.29 bits per heavy atom. The van der Waals surface area contributed by atoms with Crippen molar-refractivity contribution in [3.8, 4) is 0 Å². The second kappa shape index (κ2) is 7.75. The summed E-state index contributed by atoms with van der Waals surface area (Å²) in [5.41, 5.74) is 2.21. The Morgan fingerprint density at radius 2 is 1.62 bits per heavy atom. The maximum absolute atomic E-state index is 11.1. The Hall–Kier alpha value is -1.95. The lowest BCUT2D eigenvalue weighted by molar-refractivity contribution is -0.385. The molecule has 0 amide bonds. The molecule has 1 heterocycles. The summed E-state index contributed by atoms with van der Waals surface area (Å²) in [5, 5.41) is 11.9. The molecule has 2 aromatic rings. The number of piperazine rings is 1. The molecule has 0 aromatic heterocycles. The number of para-hydroxylation sites is 1. The highest BCUT2D eigenvalue weighted by atomic mass is 35.5. The van der Waals surface area contributed by atoms with Gasteiger partial charge in [0.05, 0.1) is 4.92 Å². The van der Waals surface area contributed by atoms with Crippen LogP contribution in [-0.4, -0.2) is 40.9 Å². The maximum Gasteiger partial charge on any atom is 0.273 e. The van der Waals surface area contributed by atoms with E-state index in [9.17, 15) is 10.1 Å². The number of nitro benzene ring substituents is 1. The highest BCUT2D eigenvalue weighted by Crippen LogP contribution is 2.20. The highest BCUT2D eigenvalue weighted by molar-refractivity contribution is 6.30. The van der Waals surface area contributed by atoms with E-state index < -0.39 is 0 Å². The molecule has 0 radical (unpaired) electrons. The third-order valence-electron chi connectivity index (χ3n) is 4.34. The van der Waals surface area contributed by atoms with Crippen LogP contribution in [0.5, 0.6) is 0 Å². The second-order valence-electron chi connectivity index (χ2n) is 6.07. The van der Waals surface area contributed by atoms with Gasteiger partial charge in [-0.2, -0.15) is 0 Å². The van der Waals surface area contributed by atoms with Crippen molar-refractivity contribution in [2.45, 2.75) is 13.1 Å². The molecule has 0 N–H and O–H groups in total. The summed E-state index contributed by atoms with van der Waals surface area (Å²) in [6.45, 7) is 5.24. The van der Waals surface area contributed by atoms with Crippen LogP contribution < -0.4 is 0 Å². The molecule has 6 heteroatoms. The molecule has 126 valence electrons. The van der Waals surface area contributed by atoms with E-state index in [1.54, 1.807) is 12.1 Å². The van der Waals surface area contributed by atoms with Crippen LogP contribution in [0.25, 0.3) is 0 Å². The summed E-state index contributed by atoms with van der Waals surface area (Å²) in [5.74, 6) is 0. The van der Waals surface area contributed by atoms with Gasteiger partial charge < -0.3 is 0 Å². The fourth-order valence-corrected chi connectivity index (χ4v) is 3.28. The second-order valence-corrected chi connectivity index (χ2v) is 6.50. The minimum atomic E-state index is -0.301. The van der Waals surface area contributed by atoms with Crippen LogP contribution in [0.2, 0.25) is 5.02 Å². The first-order valence-electron chi connectivity index (χ1n) is 8.03. The normalized spacial score (nSPS) is 16.2. The van der Waals surface area contributed by atoms with Crippen LogP contribution in [-0.2, 0) is 13.1 Å². The maximum atomic E-state index is 11.1. The third kappa shape index (κ3) is 4.32. The number of halogens is 1. The van der Waals surface area contributed by atoms with E-state index in [1.807, 2.05) is 30.3 Å². The third-order valence-corrected chi connectivity index (χ3v) is 4.58. The summed E-state index contributed by atoms with van der Waals surface area (Å²) in [6.07, 6.45) is 0. The van der Waals surface area contributed by atoms with Gasteiger partial charge in [-0.15, -0.1) is 0 Å². The van der Waals surface area contributed by atoms with Crippen molar-refractivity contribution >= 4 is 17.3 Å². The molecule has 1 aliphatic rings. The Kier molecular flexibility index (Phi) is 5.45. The van der Waals surface area contributed by atoms with Crippen LogP contribution in [0.4, 0.5) is 5.69 Å². The van der Waals surface area contributed by atoms with Crippen molar-refractivity contribution in [1.82, 2.24) is 9.80 Å². The molecule has 24 heavy (non-hydrogen) atoms. The zero-order valence-corrected chi connectivity index (χ0v) is 14.2. The van der Waals surface area contributed by atoms with E-state index in [-0.39, 0.29) is 10.6 Å². The molecule has 3 rings (SSSR count). The van der Waals surface area contributed by atoms with E-state index in [0.717, 1.165) is 43.3 Å². The van der Waals surface area contributed by atoms with E-state index in [4.69, 9.17) is 11.6 Å². The lowest BCUT2D eigenvalue weighted by Gasteiger charge is -2.34. The number of benzene rings is 2. The van der Waals surface area contributed by atoms with Gasteiger partial charge in [0.25, 0.3) is 5.69 Å². The Morgan fingerprint density at radius 1 is 0.958 bits per heavy atom. The van der Waals surface area contributed by atoms with Crippen molar-refractivity contribution in [2.75, 3.05) is 26.2 Å². The van der Waals surface area contributed by atoms with Gasteiger partial charge in [-0.3, -0.25) is 19.9 Å². The average Bonchev–Trinajstić information content (AvgIpc) is 2.57. The standard InChI is InChI=1S/C18H20ClN3O2/c19-17-6-3-4-15(12-17)13-20-8-10-21(11-9-20)14-16-5-1-2-7-18(16)22(23)24/h1-7,12H,8-11,13-14H2. The van der Waals surface area contributed by atoms with Crippen molar-refractivity contribution in [2.24, 2.45) is 0 Å². The predicted octanol–water partition coefficient (Wildman–Crippen LogP) is 3.57. The molecule has 0 saturated carbocycles. The van der Waals surface area contributed by atoms with Gasteiger partial charge >= 0.3 is 0 Å². The molecule has 0 atom stereocenters. The Balaban J connectivity index is 1.55. The van der Waals surface area contributed by atoms with Crippen LogP contribution in [0, 0.1) is 10.1 Å². The highest BCUT2D eigenvalue weighted by Gasteiger charge is 2.20. The van der Waals surface area contributed by atoms with Gasteiger partial charge in [0.15, 0.2) is 0 Å². The van der Waals surface area contributed by atoms with Gasteiger partial charge in [0.1, 0.15) is 0 Å². The zero-order valence-electron chi connectivity index (χ0n) is 13.4. The fraction of sp³-hybridized carbons (Fsp3) is 0.333. The molecular formula is C18H20ClN3O2. The van der Waals surface area contributed by atoms with Crippen LogP contribution in [0.3, 0.4) is 0 Å². The van der Waals surface area contributed by atoms with Crippen molar-refractivity contribution in [3.05, 3.63) is 74.8 Å². The average molecular weight is 346 g/mol. The van der Waals surface area contributed by atoms with E-state index in [1.165, 1.54) is 5.56 Å². The smallest absolute Gasteiger partial charge is 0.273 e. The summed E-state index contributed by atoms with van der Waals surface area (Å²) < 4.78 is 0. The van der Waals surface area contributed by atoms with Crippen molar-refractivity contribution < 1.29 is 4.92 Å². The summed E-state index contributed by atoms with van der Waals surface area (Å²) in [7, 11) is 0. The predicted molar refractivity (Wildman–Crippen MR) is 95.1 cm³/mol. The lowest BCUT2D eigenvalue weighted by Crippen LogP contribution is -2.45. The van der Waals surface area contributed by atoms with E-state index in [0.29, 0.717) is 6.54 Å². The van der Waals surface area contributed by atoms with Gasteiger partial charge in [-0.25, -0.2) is 0 Å². The molecule has 0 bridgehead atoms.